The summed E-state index contributed by atoms with van der Waals surface area (Å²) in [6.45, 7) is 6.72. The third kappa shape index (κ3) is 5.06. The van der Waals surface area contributed by atoms with Crippen LogP contribution in [0.25, 0.3) is 0 Å². The van der Waals surface area contributed by atoms with Gasteiger partial charge in [0.15, 0.2) is 0 Å². The van der Waals surface area contributed by atoms with Gasteiger partial charge in [-0.15, -0.1) is 0 Å². The minimum Gasteiger partial charge on any atom is -0.322 e. The number of hydrogen-bond acceptors (Lipinski definition) is 3. The van der Waals surface area contributed by atoms with Gasteiger partial charge in [-0.25, -0.2) is 9.18 Å². The quantitative estimate of drug-likeness (QED) is 0.891. The Hall–Kier alpha value is -1.37. The van der Waals surface area contributed by atoms with Gasteiger partial charge in [-0.2, -0.15) is 0 Å². The van der Waals surface area contributed by atoms with E-state index in [0.29, 0.717) is 18.8 Å². The molecule has 0 spiro atoms. The summed E-state index contributed by atoms with van der Waals surface area (Å²) in [5, 5.41) is 2.81. The predicted molar refractivity (Wildman–Crippen MR) is 98.7 cm³/mol. The molecule has 2 aliphatic heterocycles. The number of urea groups is 1. The van der Waals surface area contributed by atoms with Crippen LogP contribution < -0.4 is 5.32 Å². The van der Waals surface area contributed by atoms with Crippen LogP contribution in [0.2, 0.25) is 5.02 Å². The molecule has 1 unspecified atom stereocenters. The number of benzene rings is 1. The van der Waals surface area contributed by atoms with Crippen molar-refractivity contribution in [2.75, 3.05) is 58.2 Å². The Morgan fingerprint density at radius 2 is 2.04 bits per heavy atom. The highest BCUT2D eigenvalue weighted by Gasteiger charge is 2.25. The molecule has 2 aliphatic rings. The van der Waals surface area contributed by atoms with E-state index in [2.05, 4.69) is 22.2 Å². The van der Waals surface area contributed by atoms with Crippen LogP contribution in [0, 0.1) is 11.7 Å². The molecule has 138 valence electrons. The van der Waals surface area contributed by atoms with E-state index in [1.807, 2.05) is 0 Å². The molecule has 1 aromatic rings. The van der Waals surface area contributed by atoms with Gasteiger partial charge in [-0.05, 0) is 50.6 Å². The van der Waals surface area contributed by atoms with E-state index in [4.69, 9.17) is 11.6 Å². The van der Waals surface area contributed by atoms with E-state index in [1.54, 1.807) is 4.90 Å². The van der Waals surface area contributed by atoms with Gasteiger partial charge >= 0.3 is 6.03 Å². The van der Waals surface area contributed by atoms with Crippen LogP contribution in [-0.4, -0.2) is 73.6 Å². The van der Waals surface area contributed by atoms with Crippen molar-refractivity contribution in [3.63, 3.8) is 0 Å². The summed E-state index contributed by atoms with van der Waals surface area (Å²) in [6, 6.07) is 4.07. The summed E-state index contributed by atoms with van der Waals surface area (Å²) in [6.07, 6.45) is 2.58. The fourth-order valence-electron chi connectivity index (χ4n) is 3.70. The van der Waals surface area contributed by atoms with Gasteiger partial charge in [0.05, 0.1) is 5.02 Å². The molecule has 7 heteroatoms. The fourth-order valence-corrected chi connectivity index (χ4v) is 3.88. The predicted octanol–water partition coefficient (Wildman–Crippen LogP) is 2.97. The van der Waals surface area contributed by atoms with Crippen molar-refractivity contribution in [3.8, 4) is 0 Å². The first kappa shape index (κ1) is 18.4. The number of halogens is 2. The van der Waals surface area contributed by atoms with Gasteiger partial charge in [-0.3, -0.25) is 4.90 Å². The maximum absolute atomic E-state index is 13.2. The lowest BCUT2D eigenvalue weighted by molar-refractivity contribution is 0.109. The number of likely N-dealkylation sites (tertiary alicyclic amines) is 1. The zero-order valence-electron chi connectivity index (χ0n) is 14.7. The van der Waals surface area contributed by atoms with Gasteiger partial charge in [0.1, 0.15) is 5.82 Å². The average molecular weight is 369 g/mol. The van der Waals surface area contributed by atoms with Crippen molar-refractivity contribution in [1.29, 1.82) is 0 Å². The summed E-state index contributed by atoms with van der Waals surface area (Å²) >= 11 is 5.76. The van der Waals surface area contributed by atoms with Gasteiger partial charge in [0.25, 0.3) is 0 Å². The number of carbonyl (C=O) groups is 1. The normalized spacial score (nSPS) is 22.8. The second kappa shape index (κ2) is 8.34. The smallest absolute Gasteiger partial charge is 0.321 e. The van der Waals surface area contributed by atoms with E-state index in [1.165, 1.54) is 44.1 Å². The lowest BCUT2D eigenvalue weighted by atomic mass is 9.97. The molecular formula is C18H26ClFN4O. The molecule has 0 saturated carbocycles. The van der Waals surface area contributed by atoms with E-state index in [-0.39, 0.29) is 11.1 Å². The van der Waals surface area contributed by atoms with Crippen LogP contribution in [0.1, 0.15) is 12.8 Å². The summed E-state index contributed by atoms with van der Waals surface area (Å²) in [7, 11) is 2.19. The van der Waals surface area contributed by atoms with Crippen LogP contribution in [-0.2, 0) is 0 Å². The average Bonchev–Trinajstić information content (AvgIpc) is 2.59. The number of amides is 2. The zero-order chi connectivity index (χ0) is 17.8. The lowest BCUT2D eigenvalue weighted by Gasteiger charge is -2.38. The second-order valence-corrected chi connectivity index (χ2v) is 7.52. The number of anilines is 1. The molecule has 5 nitrogen and oxygen atoms in total. The number of hydrogen-bond donors (Lipinski definition) is 1. The van der Waals surface area contributed by atoms with E-state index in [9.17, 15) is 9.18 Å². The minimum absolute atomic E-state index is 0.0140. The number of nitrogens with zero attached hydrogens (tertiary/aromatic N) is 3. The highest BCUT2D eigenvalue weighted by molar-refractivity contribution is 6.31. The van der Waals surface area contributed by atoms with Crippen LogP contribution >= 0.6 is 11.6 Å². The Morgan fingerprint density at radius 3 is 2.72 bits per heavy atom. The van der Waals surface area contributed by atoms with Crippen LogP contribution in [0.3, 0.4) is 0 Å². The highest BCUT2D eigenvalue weighted by Crippen LogP contribution is 2.20. The summed E-state index contributed by atoms with van der Waals surface area (Å²) < 4.78 is 13.2. The number of carbonyl (C=O) groups excluding carboxylic acids is 1. The molecule has 0 radical (unpaired) electrons. The summed E-state index contributed by atoms with van der Waals surface area (Å²) in [4.78, 5) is 19.0. The molecule has 1 aromatic carbocycles. The van der Waals surface area contributed by atoms with Crippen LogP contribution in [0.15, 0.2) is 18.2 Å². The maximum atomic E-state index is 13.2. The van der Waals surface area contributed by atoms with E-state index >= 15 is 0 Å². The van der Waals surface area contributed by atoms with Gasteiger partial charge in [0.2, 0.25) is 0 Å². The summed E-state index contributed by atoms with van der Waals surface area (Å²) in [5.41, 5.74) is 0.518. The number of nitrogens with one attached hydrogen (secondary N) is 1. The number of rotatable bonds is 3. The third-order valence-corrected chi connectivity index (χ3v) is 5.36. The second-order valence-electron chi connectivity index (χ2n) is 7.12. The number of piperidine rings is 1. The zero-order valence-corrected chi connectivity index (χ0v) is 15.4. The van der Waals surface area contributed by atoms with E-state index in [0.717, 1.165) is 25.6 Å². The Kier molecular flexibility index (Phi) is 6.15. The molecule has 2 amide bonds. The summed E-state index contributed by atoms with van der Waals surface area (Å²) in [5.74, 6) is 0.252. The SMILES string of the molecule is CN1CCCC(CN2CCN(C(=O)Nc3ccc(F)c(Cl)c3)CC2)C1. The Balaban J connectivity index is 1.45. The molecule has 0 aromatic heterocycles. The molecule has 2 heterocycles. The monoisotopic (exact) mass is 368 g/mol. The van der Waals surface area contributed by atoms with Gasteiger partial charge < -0.3 is 15.1 Å². The molecular weight excluding hydrogens is 343 g/mol. The largest absolute Gasteiger partial charge is 0.322 e. The van der Waals surface area contributed by atoms with Crippen molar-refractivity contribution in [3.05, 3.63) is 29.0 Å². The van der Waals surface area contributed by atoms with Crippen molar-refractivity contribution in [1.82, 2.24) is 14.7 Å². The molecule has 0 aliphatic carbocycles. The van der Waals surface area contributed by atoms with Gasteiger partial charge in [-0.1, -0.05) is 11.6 Å². The van der Waals surface area contributed by atoms with Crippen molar-refractivity contribution in [2.24, 2.45) is 5.92 Å². The van der Waals surface area contributed by atoms with Gasteiger partial charge in [0, 0.05) is 45.0 Å². The molecule has 2 fully saturated rings. The third-order valence-electron chi connectivity index (χ3n) is 5.07. The first-order valence-electron chi connectivity index (χ1n) is 8.93. The highest BCUT2D eigenvalue weighted by atomic mass is 35.5. The first-order chi connectivity index (χ1) is 12.0. The topological polar surface area (TPSA) is 38.8 Å². The first-order valence-corrected chi connectivity index (χ1v) is 9.31. The standard InChI is InChI=1S/C18H26ClFN4O/c1-22-6-2-3-14(12-22)13-23-7-9-24(10-8-23)18(25)21-15-4-5-17(20)16(19)11-15/h4-5,11,14H,2-3,6-10,12-13H2,1H3,(H,21,25). The van der Waals surface area contributed by atoms with E-state index < -0.39 is 5.82 Å². The Morgan fingerprint density at radius 1 is 1.28 bits per heavy atom. The Bertz CT molecular complexity index is 607. The minimum atomic E-state index is -0.485. The van der Waals surface area contributed by atoms with Crippen LogP contribution in [0.4, 0.5) is 14.9 Å². The fraction of sp³-hybridized carbons (Fsp3) is 0.611. The molecule has 1 N–H and O–H groups in total. The van der Waals surface area contributed by atoms with Crippen molar-refractivity contribution < 1.29 is 9.18 Å². The van der Waals surface area contributed by atoms with Crippen LogP contribution in [0.5, 0.6) is 0 Å². The van der Waals surface area contributed by atoms with Crippen molar-refractivity contribution in [2.45, 2.75) is 12.8 Å². The lowest BCUT2D eigenvalue weighted by Crippen LogP contribution is -2.51. The Labute approximate surface area is 153 Å². The molecule has 2 saturated heterocycles. The molecule has 1 atom stereocenters. The molecule has 3 rings (SSSR count). The van der Waals surface area contributed by atoms with Crippen molar-refractivity contribution >= 4 is 23.3 Å². The molecule has 25 heavy (non-hydrogen) atoms. The molecule has 0 bridgehead atoms. The maximum Gasteiger partial charge on any atom is 0.321 e. The number of piperazine rings is 1.